The predicted molar refractivity (Wildman–Crippen MR) is 44.4 cm³/mol. The van der Waals surface area contributed by atoms with Crippen molar-refractivity contribution < 1.29 is 9.59 Å². The van der Waals surface area contributed by atoms with Crippen LogP contribution in [0.5, 0.6) is 0 Å². The monoisotopic (exact) mass is 167 g/mol. The van der Waals surface area contributed by atoms with Crippen LogP contribution >= 0.6 is 0 Å². The molecule has 0 atom stereocenters. The van der Waals surface area contributed by atoms with E-state index in [1.54, 1.807) is 0 Å². The first-order valence-electron chi connectivity index (χ1n) is 3.05. The number of rotatable bonds is 2. The van der Waals surface area contributed by atoms with E-state index in [9.17, 15) is 9.59 Å². The molecule has 0 radical (unpaired) electrons. The molecule has 0 rings (SSSR count). The van der Waals surface area contributed by atoms with Gasteiger partial charge in [-0.3, -0.25) is 25.6 Å². The lowest BCUT2D eigenvalue weighted by Gasteiger charge is -2.02. The zero-order valence-corrected chi connectivity index (χ0v) is 6.39. The highest BCUT2D eigenvalue weighted by Gasteiger charge is 2.01. The van der Waals surface area contributed by atoms with Crippen LogP contribution in [0.1, 0.15) is 0 Å². The van der Waals surface area contributed by atoms with Gasteiger partial charge >= 0.3 is 0 Å². The Morgan fingerprint density at radius 1 is 1.08 bits per heavy atom. The summed E-state index contributed by atoms with van der Waals surface area (Å²) in [6.07, 6.45) is 1.99. The Kier molecular flexibility index (Phi) is 4.07. The molecule has 0 aromatic carbocycles. The summed E-state index contributed by atoms with van der Waals surface area (Å²) in [5, 5.41) is 11.1. The van der Waals surface area contributed by atoms with E-state index in [1.807, 2.05) is 10.6 Å². The number of guanidine groups is 1. The molecule has 0 spiro atoms. The van der Waals surface area contributed by atoms with Crippen molar-refractivity contribution in [2.75, 3.05) is 0 Å². The number of carbonyl (C=O) groups is 2. The van der Waals surface area contributed by atoms with Gasteiger partial charge in [-0.05, 0) is 12.2 Å². The Bertz CT molecular complexity index is 221. The van der Waals surface area contributed by atoms with Crippen LogP contribution in [-0.2, 0) is 9.59 Å². The van der Waals surface area contributed by atoms with Gasteiger partial charge in [0.2, 0.25) is 17.8 Å². The summed E-state index contributed by atoms with van der Waals surface area (Å²) >= 11 is 0. The third kappa shape index (κ3) is 3.99. The van der Waals surface area contributed by atoms with Crippen molar-refractivity contribution >= 4 is 17.8 Å². The maximum atomic E-state index is 10.5. The summed E-state index contributed by atoms with van der Waals surface area (Å²) in [6, 6.07) is 0. The second-order valence-corrected chi connectivity index (χ2v) is 1.76. The summed E-state index contributed by atoms with van der Waals surface area (Å²) < 4.78 is 0. The third-order valence-corrected chi connectivity index (χ3v) is 0.867. The minimum atomic E-state index is -0.552. The molecule has 0 saturated heterocycles. The normalized spacial score (nSPS) is 8.00. The zero-order valence-electron chi connectivity index (χ0n) is 6.39. The molecule has 0 fully saturated rings. The lowest BCUT2D eigenvalue weighted by molar-refractivity contribution is -0.115. The zero-order chi connectivity index (χ0) is 9.56. The highest BCUT2D eigenvalue weighted by molar-refractivity contribution is 6.08. The van der Waals surface area contributed by atoms with Gasteiger partial charge in [0.05, 0.1) is 0 Å². The van der Waals surface area contributed by atoms with Crippen LogP contribution in [0.4, 0.5) is 0 Å². The van der Waals surface area contributed by atoms with Crippen LogP contribution in [0.3, 0.4) is 0 Å². The largest absolute Gasteiger partial charge is 0.293 e. The standard InChI is InChI=1S/C7H9N3O2/c1-3-5(11)9-7(8)10-6(12)4-2/h3-4H,1-2H2,(H3,8,9,10,11,12). The predicted octanol–water partition coefficient (Wildman–Crippen LogP) is -0.474. The van der Waals surface area contributed by atoms with Crippen molar-refractivity contribution in [1.82, 2.24) is 10.6 Å². The molecule has 64 valence electrons. The fourth-order valence-electron chi connectivity index (χ4n) is 0.380. The lowest BCUT2D eigenvalue weighted by Crippen LogP contribution is -2.41. The first kappa shape index (κ1) is 10.1. The summed E-state index contributed by atoms with van der Waals surface area (Å²) in [4.78, 5) is 21.1. The van der Waals surface area contributed by atoms with Crippen molar-refractivity contribution in [2.45, 2.75) is 0 Å². The maximum absolute atomic E-state index is 10.5. The molecule has 0 aromatic rings. The quantitative estimate of drug-likeness (QED) is 0.295. The summed E-state index contributed by atoms with van der Waals surface area (Å²) in [6.45, 7) is 6.34. The topological polar surface area (TPSA) is 82.1 Å². The number of carbonyl (C=O) groups excluding carboxylic acids is 2. The first-order chi connectivity index (χ1) is 5.60. The molecule has 12 heavy (non-hydrogen) atoms. The summed E-state index contributed by atoms with van der Waals surface area (Å²) in [5.74, 6) is -1.50. The van der Waals surface area contributed by atoms with E-state index in [4.69, 9.17) is 5.41 Å². The van der Waals surface area contributed by atoms with E-state index < -0.39 is 17.8 Å². The van der Waals surface area contributed by atoms with Crippen molar-refractivity contribution in [1.29, 1.82) is 5.41 Å². The minimum Gasteiger partial charge on any atom is -0.293 e. The van der Waals surface area contributed by atoms with Gasteiger partial charge in [0.25, 0.3) is 0 Å². The van der Waals surface area contributed by atoms with Gasteiger partial charge in [-0.2, -0.15) is 0 Å². The van der Waals surface area contributed by atoms with Crippen molar-refractivity contribution in [3.8, 4) is 0 Å². The smallest absolute Gasteiger partial charge is 0.250 e. The van der Waals surface area contributed by atoms with E-state index in [2.05, 4.69) is 13.2 Å². The number of amides is 2. The molecule has 2 amide bonds. The summed E-state index contributed by atoms with van der Waals surface area (Å²) in [7, 11) is 0. The van der Waals surface area contributed by atoms with Crippen LogP contribution in [0.25, 0.3) is 0 Å². The highest BCUT2D eigenvalue weighted by Crippen LogP contribution is 1.69. The van der Waals surface area contributed by atoms with Crippen molar-refractivity contribution in [2.24, 2.45) is 0 Å². The van der Waals surface area contributed by atoms with Gasteiger partial charge in [-0.15, -0.1) is 0 Å². The Morgan fingerprint density at radius 2 is 1.42 bits per heavy atom. The third-order valence-electron chi connectivity index (χ3n) is 0.867. The Balaban J connectivity index is 3.89. The molecular weight excluding hydrogens is 158 g/mol. The summed E-state index contributed by atoms with van der Waals surface area (Å²) in [5.41, 5.74) is 0. The van der Waals surface area contributed by atoms with Gasteiger partial charge in [-0.1, -0.05) is 13.2 Å². The highest BCUT2D eigenvalue weighted by atomic mass is 16.2. The van der Waals surface area contributed by atoms with Gasteiger partial charge in [0.1, 0.15) is 0 Å². The fourth-order valence-corrected chi connectivity index (χ4v) is 0.380. The average molecular weight is 167 g/mol. The molecule has 5 heteroatoms. The van der Waals surface area contributed by atoms with Gasteiger partial charge in [0.15, 0.2) is 0 Å². The van der Waals surface area contributed by atoms with Crippen LogP contribution in [-0.4, -0.2) is 17.8 Å². The van der Waals surface area contributed by atoms with Gasteiger partial charge in [-0.25, -0.2) is 0 Å². The molecule has 0 aliphatic rings. The van der Waals surface area contributed by atoms with E-state index in [1.165, 1.54) is 0 Å². The van der Waals surface area contributed by atoms with E-state index in [0.29, 0.717) is 0 Å². The molecule has 3 N–H and O–H groups in total. The Labute approximate surface area is 69.7 Å². The van der Waals surface area contributed by atoms with E-state index in [-0.39, 0.29) is 0 Å². The molecule has 5 nitrogen and oxygen atoms in total. The minimum absolute atomic E-state index is 0.398. The molecule has 0 aliphatic carbocycles. The van der Waals surface area contributed by atoms with E-state index in [0.717, 1.165) is 12.2 Å². The molecule has 0 unspecified atom stereocenters. The molecular formula is C7H9N3O2. The number of hydrogen-bond donors (Lipinski definition) is 3. The van der Waals surface area contributed by atoms with Crippen LogP contribution in [0, 0.1) is 5.41 Å². The molecule has 0 aliphatic heterocycles. The van der Waals surface area contributed by atoms with Crippen LogP contribution in [0.2, 0.25) is 0 Å². The van der Waals surface area contributed by atoms with E-state index >= 15 is 0 Å². The molecule has 0 bridgehead atoms. The first-order valence-corrected chi connectivity index (χ1v) is 3.05. The van der Waals surface area contributed by atoms with Gasteiger partial charge < -0.3 is 0 Å². The SMILES string of the molecule is C=CC(=O)NC(=N)NC(=O)C=C. The number of hydrogen-bond acceptors (Lipinski definition) is 3. The molecule has 0 heterocycles. The second-order valence-electron chi connectivity index (χ2n) is 1.76. The van der Waals surface area contributed by atoms with Crippen molar-refractivity contribution in [3.63, 3.8) is 0 Å². The second kappa shape index (κ2) is 4.84. The average Bonchev–Trinajstić information content (AvgIpc) is 2.03. The maximum Gasteiger partial charge on any atom is 0.250 e. The van der Waals surface area contributed by atoms with Crippen molar-refractivity contribution in [3.05, 3.63) is 25.3 Å². The number of nitrogens with one attached hydrogen (secondary N) is 3. The lowest BCUT2D eigenvalue weighted by atomic mass is 10.5. The Morgan fingerprint density at radius 3 is 1.67 bits per heavy atom. The molecule has 0 saturated carbocycles. The van der Waals surface area contributed by atoms with Gasteiger partial charge in [0, 0.05) is 0 Å². The van der Waals surface area contributed by atoms with Crippen LogP contribution in [0.15, 0.2) is 25.3 Å². The van der Waals surface area contributed by atoms with Crippen LogP contribution < -0.4 is 10.6 Å². The molecule has 0 aromatic heterocycles. The Hall–Kier alpha value is -1.91. The fraction of sp³-hybridized carbons (Fsp3) is 0.